The number of carbonyl (C=O) groups is 1. The van der Waals surface area contributed by atoms with Gasteiger partial charge in [-0.25, -0.2) is 0 Å². The fourth-order valence-corrected chi connectivity index (χ4v) is 3.65. The largest absolute Gasteiger partial charge is 0.350 e. The minimum absolute atomic E-state index is 0.0298. The zero-order chi connectivity index (χ0) is 21.1. The summed E-state index contributed by atoms with van der Waals surface area (Å²) < 4.78 is 3.39. The van der Waals surface area contributed by atoms with Gasteiger partial charge in [-0.15, -0.1) is 0 Å². The molecule has 0 aliphatic carbocycles. The molecule has 2 aromatic carbocycles. The van der Waals surface area contributed by atoms with Crippen molar-refractivity contribution in [1.29, 1.82) is 0 Å². The zero-order valence-electron chi connectivity index (χ0n) is 16.6. The molecule has 0 unspecified atom stereocenters. The highest BCUT2D eigenvalue weighted by molar-refractivity contribution is 6.30. The molecule has 5 nitrogen and oxygen atoms in total. The van der Waals surface area contributed by atoms with Gasteiger partial charge in [0, 0.05) is 35.9 Å². The predicted octanol–water partition coefficient (Wildman–Crippen LogP) is 4.13. The Morgan fingerprint density at radius 1 is 0.967 bits per heavy atom. The highest BCUT2D eigenvalue weighted by atomic mass is 35.5. The fraction of sp³-hybridized carbons (Fsp3) is 0.167. The van der Waals surface area contributed by atoms with Gasteiger partial charge in [0.25, 0.3) is 5.56 Å². The molecule has 30 heavy (non-hydrogen) atoms. The number of nitrogens with one attached hydrogen (secondary N) is 1. The summed E-state index contributed by atoms with van der Waals surface area (Å²) in [6.07, 6.45) is 3.59. The molecule has 0 spiro atoms. The van der Waals surface area contributed by atoms with Crippen LogP contribution >= 0.6 is 11.6 Å². The first-order valence-corrected chi connectivity index (χ1v) is 10.1. The van der Waals surface area contributed by atoms with E-state index in [1.165, 1.54) is 10.1 Å². The standard InChI is InChI=1S/C24H22ClN3O2/c1-17-3-2-4-19(13-17)15-27-11-9-20-10-12-28(24(30)23(20)27)16-22(29)26-14-18-5-7-21(25)8-6-18/h2-13H,14-16H2,1H3,(H,26,29). The second-order valence-corrected chi connectivity index (χ2v) is 7.83. The highest BCUT2D eigenvalue weighted by Crippen LogP contribution is 2.15. The number of halogens is 1. The molecule has 0 aliphatic heterocycles. The van der Waals surface area contributed by atoms with Gasteiger partial charge in [-0.2, -0.15) is 0 Å². The van der Waals surface area contributed by atoms with Gasteiger partial charge in [-0.1, -0.05) is 53.6 Å². The van der Waals surface area contributed by atoms with Crippen molar-refractivity contribution in [2.24, 2.45) is 0 Å². The number of carbonyl (C=O) groups excluding carboxylic acids is 1. The molecule has 1 N–H and O–H groups in total. The molecule has 0 atom stereocenters. The topological polar surface area (TPSA) is 56.0 Å². The summed E-state index contributed by atoms with van der Waals surface area (Å²) >= 11 is 5.88. The quantitative estimate of drug-likeness (QED) is 0.511. The molecule has 0 saturated heterocycles. The van der Waals surface area contributed by atoms with Crippen LogP contribution in [-0.4, -0.2) is 15.0 Å². The molecule has 2 aromatic heterocycles. The Morgan fingerprint density at radius 2 is 1.70 bits per heavy atom. The van der Waals surface area contributed by atoms with Gasteiger partial charge in [0.15, 0.2) is 0 Å². The second kappa shape index (κ2) is 8.59. The first-order chi connectivity index (χ1) is 14.5. The lowest BCUT2D eigenvalue weighted by molar-refractivity contribution is -0.121. The third-order valence-corrected chi connectivity index (χ3v) is 5.30. The van der Waals surface area contributed by atoms with Crippen molar-refractivity contribution in [3.05, 3.63) is 105 Å². The molecule has 0 saturated carbocycles. The van der Waals surface area contributed by atoms with E-state index >= 15 is 0 Å². The summed E-state index contributed by atoms with van der Waals surface area (Å²) in [5.74, 6) is -0.219. The lowest BCUT2D eigenvalue weighted by Gasteiger charge is -2.10. The van der Waals surface area contributed by atoms with Crippen molar-refractivity contribution < 1.29 is 4.79 Å². The molecular formula is C24H22ClN3O2. The average Bonchev–Trinajstić information content (AvgIpc) is 3.13. The van der Waals surface area contributed by atoms with Crippen molar-refractivity contribution in [1.82, 2.24) is 14.5 Å². The van der Waals surface area contributed by atoms with Crippen molar-refractivity contribution in [3.8, 4) is 0 Å². The minimum atomic E-state index is -0.219. The number of rotatable bonds is 6. The Hall–Kier alpha value is -3.31. The van der Waals surface area contributed by atoms with Crippen molar-refractivity contribution in [3.63, 3.8) is 0 Å². The van der Waals surface area contributed by atoms with Crippen LogP contribution in [0.15, 0.2) is 77.9 Å². The Kier molecular flexibility index (Phi) is 5.72. The Morgan fingerprint density at radius 3 is 2.43 bits per heavy atom. The summed E-state index contributed by atoms with van der Waals surface area (Å²) in [5.41, 5.74) is 3.68. The summed E-state index contributed by atoms with van der Waals surface area (Å²) in [6, 6.07) is 19.3. The number of nitrogens with zero attached hydrogens (tertiary/aromatic N) is 2. The summed E-state index contributed by atoms with van der Waals surface area (Å²) in [6.45, 7) is 3.01. The maximum absolute atomic E-state index is 13.1. The molecule has 0 bridgehead atoms. The number of hydrogen-bond donors (Lipinski definition) is 1. The maximum atomic E-state index is 13.1. The Bertz CT molecular complexity index is 1260. The van der Waals surface area contributed by atoms with Crippen LogP contribution in [0.5, 0.6) is 0 Å². The number of benzene rings is 2. The van der Waals surface area contributed by atoms with Crippen LogP contribution in [0.1, 0.15) is 16.7 Å². The predicted molar refractivity (Wildman–Crippen MR) is 120 cm³/mol. The first kappa shape index (κ1) is 20.0. The van der Waals surface area contributed by atoms with Gasteiger partial charge in [0.05, 0.1) is 0 Å². The maximum Gasteiger partial charge on any atom is 0.275 e. The summed E-state index contributed by atoms with van der Waals surface area (Å²) in [5, 5.41) is 4.37. The summed E-state index contributed by atoms with van der Waals surface area (Å²) in [4.78, 5) is 25.5. The first-order valence-electron chi connectivity index (χ1n) is 9.74. The smallest absolute Gasteiger partial charge is 0.275 e. The number of fused-ring (bicyclic) bond motifs is 1. The van der Waals surface area contributed by atoms with Crippen LogP contribution in [0.2, 0.25) is 5.02 Å². The molecule has 0 fully saturated rings. The van der Waals surface area contributed by atoms with Gasteiger partial charge >= 0.3 is 0 Å². The molecule has 2 heterocycles. The summed E-state index contributed by atoms with van der Waals surface area (Å²) in [7, 11) is 0. The SMILES string of the molecule is Cc1cccc(Cn2ccc3ccn(CC(=O)NCc4ccc(Cl)cc4)c(=O)c32)c1. The van der Waals surface area contributed by atoms with E-state index in [0.29, 0.717) is 23.6 Å². The van der Waals surface area contributed by atoms with E-state index in [1.807, 2.05) is 60.2 Å². The van der Waals surface area contributed by atoms with Crippen molar-refractivity contribution in [2.75, 3.05) is 0 Å². The van der Waals surface area contributed by atoms with E-state index in [1.54, 1.807) is 18.3 Å². The molecule has 6 heteroatoms. The van der Waals surface area contributed by atoms with Crippen LogP contribution in [0.3, 0.4) is 0 Å². The molecule has 0 radical (unpaired) electrons. The molecule has 0 aliphatic rings. The lowest BCUT2D eigenvalue weighted by Crippen LogP contribution is -2.32. The van der Waals surface area contributed by atoms with E-state index in [0.717, 1.165) is 16.5 Å². The minimum Gasteiger partial charge on any atom is -0.350 e. The Balaban J connectivity index is 1.51. The Labute approximate surface area is 179 Å². The van der Waals surface area contributed by atoms with Gasteiger partial charge in [0.2, 0.25) is 5.91 Å². The highest BCUT2D eigenvalue weighted by Gasteiger charge is 2.11. The molecular weight excluding hydrogens is 398 g/mol. The van der Waals surface area contributed by atoms with Crippen molar-refractivity contribution in [2.45, 2.75) is 26.6 Å². The van der Waals surface area contributed by atoms with E-state index < -0.39 is 0 Å². The van der Waals surface area contributed by atoms with Gasteiger partial charge in [-0.05, 0) is 42.3 Å². The van der Waals surface area contributed by atoms with Crippen LogP contribution < -0.4 is 10.9 Å². The van der Waals surface area contributed by atoms with E-state index in [9.17, 15) is 9.59 Å². The van der Waals surface area contributed by atoms with Gasteiger partial charge in [0.1, 0.15) is 12.1 Å². The van der Waals surface area contributed by atoms with E-state index in [-0.39, 0.29) is 18.0 Å². The van der Waals surface area contributed by atoms with Gasteiger partial charge < -0.3 is 14.5 Å². The molecule has 4 aromatic rings. The van der Waals surface area contributed by atoms with E-state index in [4.69, 9.17) is 11.6 Å². The molecule has 1 amide bonds. The number of amides is 1. The third-order valence-electron chi connectivity index (χ3n) is 5.04. The number of hydrogen-bond acceptors (Lipinski definition) is 2. The van der Waals surface area contributed by atoms with Crippen LogP contribution in [0.25, 0.3) is 10.9 Å². The van der Waals surface area contributed by atoms with E-state index in [2.05, 4.69) is 11.4 Å². The normalized spacial score (nSPS) is 11.0. The number of aryl methyl sites for hydroxylation is 1. The molecule has 152 valence electrons. The van der Waals surface area contributed by atoms with Gasteiger partial charge in [-0.3, -0.25) is 9.59 Å². The van der Waals surface area contributed by atoms with Crippen LogP contribution in [0, 0.1) is 6.92 Å². The van der Waals surface area contributed by atoms with Crippen LogP contribution in [0.4, 0.5) is 0 Å². The third kappa shape index (κ3) is 4.47. The molecule has 4 rings (SSSR count). The van der Waals surface area contributed by atoms with Crippen LogP contribution in [-0.2, 0) is 24.4 Å². The monoisotopic (exact) mass is 419 g/mol. The average molecular weight is 420 g/mol. The number of aromatic nitrogens is 2. The number of pyridine rings is 1. The van der Waals surface area contributed by atoms with Crippen molar-refractivity contribution >= 4 is 28.4 Å². The fourth-order valence-electron chi connectivity index (χ4n) is 3.52. The lowest BCUT2D eigenvalue weighted by atomic mass is 10.1. The zero-order valence-corrected chi connectivity index (χ0v) is 17.4. The second-order valence-electron chi connectivity index (χ2n) is 7.39.